The molecule has 0 saturated carbocycles. The fraction of sp³-hybridized carbons (Fsp3) is 0.208. The first-order chi connectivity index (χ1) is 14.5. The molecule has 1 heterocycles. The molecule has 0 spiro atoms. The maximum atomic E-state index is 13.4. The van der Waals surface area contributed by atoms with Crippen LogP contribution in [0.2, 0.25) is 0 Å². The predicted octanol–water partition coefficient (Wildman–Crippen LogP) is 2.27. The second-order valence-electron chi connectivity index (χ2n) is 6.70. The highest BCUT2D eigenvalue weighted by atomic mass is 32.1. The maximum absolute atomic E-state index is 13.4. The Morgan fingerprint density at radius 2 is 1.83 bits per heavy atom. The van der Waals surface area contributed by atoms with Crippen LogP contribution in [0.15, 0.2) is 53.3 Å². The standard InChI is InChI=1S/C24H23N3O2S/c1-4-16-10-12-17(13-11-16)14-21-23(29)27(20-9-7-6-8-18(20)5-2)24(30-21)19(15-25)22(28)26-3/h6-14H,4-5H2,1-3H3,(H,26,28)/b21-14-,24-19-. The summed E-state index contributed by atoms with van der Waals surface area (Å²) in [5.74, 6) is -0.514. The van der Waals surface area contributed by atoms with E-state index in [4.69, 9.17) is 0 Å². The Hall–Kier alpha value is -3.43. The zero-order valence-electron chi connectivity index (χ0n) is 17.2. The highest BCUT2D eigenvalue weighted by molar-refractivity contribution is 7.07. The van der Waals surface area contributed by atoms with Gasteiger partial charge in [-0.3, -0.25) is 14.2 Å². The molecule has 30 heavy (non-hydrogen) atoms. The monoisotopic (exact) mass is 417 g/mol. The molecule has 0 saturated heterocycles. The number of amides is 1. The highest BCUT2D eigenvalue weighted by Crippen LogP contribution is 2.12. The van der Waals surface area contributed by atoms with Gasteiger partial charge in [0.1, 0.15) is 10.7 Å². The molecular weight excluding hydrogens is 394 g/mol. The number of aromatic nitrogens is 1. The minimum atomic E-state index is -0.514. The Bertz CT molecular complexity index is 1290. The van der Waals surface area contributed by atoms with E-state index < -0.39 is 5.91 Å². The summed E-state index contributed by atoms with van der Waals surface area (Å²) in [6, 6.07) is 17.5. The molecule has 1 aromatic heterocycles. The third-order valence-electron chi connectivity index (χ3n) is 4.90. The smallest absolute Gasteiger partial charge is 0.273 e. The van der Waals surface area contributed by atoms with Gasteiger partial charge >= 0.3 is 0 Å². The van der Waals surface area contributed by atoms with E-state index >= 15 is 0 Å². The number of para-hydroxylation sites is 1. The summed E-state index contributed by atoms with van der Waals surface area (Å²) in [5, 5.41) is 12.2. The Morgan fingerprint density at radius 1 is 1.13 bits per heavy atom. The number of nitrogens with one attached hydrogen (secondary N) is 1. The summed E-state index contributed by atoms with van der Waals surface area (Å²) in [6.07, 6.45) is 3.47. The number of hydrogen-bond acceptors (Lipinski definition) is 4. The van der Waals surface area contributed by atoms with Crippen molar-refractivity contribution in [1.29, 1.82) is 5.26 Å². The van der Waals surface area contributed by atoms with Gasteiger partial charge in [-0.05, 0) is 41.7 Å². The lowest BCUT2D eigenvalue weighted by Gasteiger charge is -2.08. The number of rotatable bonds is 5. The molecule has 3 rings (SSSR count). The van der Waals surface area contributed by atoms with Crippen LogP contribution in [-0.4, -0.2) is 17.5 Å². The Morgan fingerprint density at radius 3 is 2.43 bits per heavy atom. The molecule has 0 aliphatic carbocycles. The van der Waals surface area contributed by atoms with Crippen LogP contribution < -0.4 is 20.1 Å². The van der Waals surface area contributed by atoms with Crippen LogP contribution in [0.5, 0.6) is 0 Å². The number of hydrogen-bond donors (Lipinski definition) is 1. The van der Waals surface area contributed by atoms with Crippen LogP contribution in [0.3, 0.4) is 0 Å². The summed E-state index contributed by atoms with van der Waals surface area (Å²) in [4.78, 5) is 25.7. The molecule has 152 valence electrons. The number of carbonyl (C=O) groups excluding carboxylic acids is 1. The van der Waals surface area contributed by atoms with E-state index in [2.05, 4.69) is 12.2 Å². The lowest BCUT2D eigenvalue weighted by molar-refractivity contribution is -0.115. The third kappa shape index (κ3) is 4.12. The second kappa shape index (κ2) is 9.38. The van der Waals surface area contributed by atoms with Crippen molar-refractivity contribution in [2.75, 3.05) is 7.05 Å². The van der Waals surface area contributed by atoms with Crippen molar-refractivity contribution in [2.45, 2.75) is 26.7 Å². The summed E-state index contributed by atoms with van der Waals surface area (Å²) in [6.45, 7) is 4.10. The molecule has 0 radical (unpaired) electrons. The van der Waals surface area contributed by atoms with Gasteiger partial charge in [-0.2, -0.15) is 5.26 Å². The topological polar surface area (TPSA) is 74.9 Å². The highest BCUT2D eigenvalue weighted by Gasteiger charge is 2.17. The van der Waals surface area contributed by atoms with Gasteiger partial charge in [0.05, 0.1) is 10.2 Å². The summed E-state index contributed by atoms with van der Waals surface area (Å²) in [7, 11) is 1.47. The van der Waals surface area contributed by atoms with E-state index in [1.165, 1.54) is 17.2 Å². The summed E-state index contributed by atoms with van der Waals surface area (Å²) < 4.78 is 2.29. The Balaban J connectivity index is 2.40. The minimum absolute atomic E-state index is 0.0773. The first-order valence-corrected chi connectivity index (χ1v) is 10.6. The molecule has 0 unspecified atom stereocenters. The molecule has 6 heteroatoms. The van der Waals surface area contributed by atoms with Gasteiger partial charge in [-0.25, -0.2) is 0 Å². The molecule has 3 aromatic rings. The Kier molecular flexibility index (Phi) is 6.65. The normalized spacial score (nSPS) is 12.4. The van der Waals surface area contributed by atoms with Gasteiger partial charge < -0.3 is 5.32 Å². The largest absolute Gasteiger partial charge is 0.354 e. The van der Waals surface area contributed by atoms with Crippen molar-refractivity contribution < 1.29 is 4.79 Å². The molecule has 0 bridgehead atoms. The second-order valence-corrected chi connectivity index (χ2v) is 7.73. The van der Waals surface area contributed by atoms with Crippen molar-refractivity contribution in [3.63, 3.8) is 0 Å². The lowest BCUT2D eigenvalue weighted by atomic mass is 10.1. The van der Waals surface area contributed by atoms with E-state index in [1.54, 1.807) is 6.08 Å². The lowest BCUT2D eigenvalue weighted by Crippen LogP contribution is -2.33. The van der Waals surface area contributed by atoms with Crippen molar-refractivity contribution in [3.05, 3.63) is 84.8 Å². The number of nitrogens with zero attached hydrogens (tertiary/aromatic N) is 2. The van der Waals surface area contributed by atoms with E-state index in [9.17, 15) is 14.9 Å². The minimum Gasteiger partial charge on any atom is -0.354 e. The summed E-state index contributed by atoms with van der Waals surface area (Å²) >= 11 is 1.16. The van der Waals surface area contributed by atoms with Gasteiger partial charge in [0.15, 0.2) is 5.57 Å². The molecule has 2 aromatic carbocycles. The molecule has 0 aliphatic heterocycles. The van der Waals surface area contributed by atoms with Crippen LogP contribution >= 0.6 is 11.3 Å². The Labute approximate surface area is 179 Å². The molecule has 1 amide bonds. The quantitative estimate of drug-likeness (QED) is 0.692. The van der Waals surface area contributed by atoms with E-state index in [-0.39, 0.29) is 11.1 Å². The fourth-order valence-corrected chi connectivity index (χ4v) is 4.31. The van der Waals surface area contributed by atoms with Crippen LogP contribution in [0.1, 0.15) is 30.5 Å². The molecule has 0 atom stereocenters. The van der Waals surface area contributed by atoms with Crippen LogP contribution in [0.4, 0.5) is 0 Å². The molecule has 1 N–H and O–H groups in total. The zero-order valence-corrected chi connectivity index (χ0v) is 18.0. The number of nitriles is 1. The molecule has 0 fully saturated rings. The van der Waals surface area contributed by atoms with Crippen LogP contribution in [0, 0.1) is 11.3 Å². The van der Waals surface area contributed by atoms with Gasteiger partial charge in [0.2, 0.25) is 0 Å². The van der Waals surface area contributed by atoms with Crippen molar-refractivity contribution in [1.82, 2.24) is 9.88 Å². The fourth-order valence-electron chi connectivity index (χ4n) is 3.22. The summed E-state index contributed by atoms with van der Waals surface area (Å²) in [5.41, 5.74) is 3.44. The van der Waals surface area contributed by atoms with Gasteiger partial charge in [0.25, 0.3) is 11.5 Å². The molecule has 5 nitrogen and oxygen atoms in total. The molecule has 0 aliphatic rings. The van der Waals surface area contributed by atoms with Gasteiger partial charge in [0, 0.05) is 7.05 Å². The average Bonchev–Trinajstić information content (AvgIpc) is 3.09. The van der Waals surface area contributed by atoms with Gasteiger partial charge in [-0.1, -0.05) is 56.3 Å². The zero-order chi connectivity index (χ0) is 21.7. The van der Waals surface area contributed by atoms with Gasteiger partial charge in [-0.15, -0.1) is 11.3 Å². The first kappa shape index (κ1) is 21.3. The van der Waals surface area contributed by atoms with E-state index in [0.717, 1.165) is 35.3 Å². The third-order valence-corrected chi connectivity index (χ3v) is 5.99. The SMILES string of the molecule is CCc1ccc(/C=c2\s/c(=C(/C#N)C(=O)NC)n(-c3ccccc3CC)c2=O)cc1. The van der Waals surface area contributed by atoms with Crippen LogP contribution in [-0.2, 0) is 17.6 Å². The van der Waals surface area contributed by atoms with E-state index in [1.807, 2.05) is 61.5 Å². The van der Waals surface area contributed by atoms with Crippen molar-refractivity contribution in [2.24, 2.45) is 0 Å². The number of thiazole rings is 1. The number of aryl methyl sites for hydroxylation is 2. The predicted molar refractivity (Wildman–Crippen MR) is 121 cm³/mol. The van der Waals surface area contributed by atoms with Crippen LogP contribution in [0.25, 0.3) is 17.3 Å². The maximum Gasteiger partial charge on any atom is 0.273 e. The van der Waals surface area contributed by atoms with Crippen molar-refractivity contribution >= 4 is 28.9 Å². The van der Waals surface area contributed by atoms with E-state index in [0.29, 0.717) is 14.9 Å². The first-order valence-electron chi connectivity index (χ1n) is 9.81. The molecular formula is C24H23N3O2S. The number of carbonyl (C=O) groups is 1. The number of benzene rings is 2. The van der Waals surface area contributed by atoms with Crippen molar-refractivity contribution in [3.8, 4) is 11.8 Å². The average molecular weight is 418 g/mol.